The normalized spacial score (nSPS) is 17.4. The molecule has 0 spiro atoms. The fourth-order valence-electron chi connectivity index (χ4n) is 3.07. The number of benzene rings is 2. The summed E-state index contributed by atoms with van der Waals surface area (Å²) >= 11 is 0. The third kappa shape index (κ3) is 4.58. The van der Waals surface area contributed by atoms with Crippen LogP contribution in [0.5, 0.6) is 0 Å². The molecule has 3 rings (SSSR count). The van der Waals surface area contributed by atoms with Crippen LogP contribution in [0.15, 0.2) is 60.7 Å². The van der Waals surface area contributed by atoms with Gasteiger partial charge in [-0.3, -0.25) is 19.7 Å². The van der Waals surface area contributed by atoms with Crippen LogP contribution in [0.25, 0.3) is 6.08 Å². The van der Waals surface area contributed by atoms with Gasteiger partial charge in [-0.2, -0.15) is 0 Å². The van der Waals surface area contributed by atoms with E-state index in [9.17, 15) is 19.7 Å². The molecule has 1 N–H and O–H groups in total. The Kier molecular flexibility index (Phi) is 5.61. The van der Waals surface area contributed by atoms with Crippen molar-refractivity contribution in [1.82, 2.24) is 10.2 Å². The second kappa shape index (κ2) is 8.27. The Morgan fingerprint density at radius 3 is 2.70 bits per heavy atom. The van der Waals surface area contributed by atoms with E-state index in [-0.39, 0.29) is 30.0 Å². The molecule has 27 heavy (non-hydrogen) atoms. The number of amides is 2. The molecule has 1 unspecified atom stereocenters. The SMILES string of the molecule is O=C1CC(c2ccccc2)N(C(=O)C=Cc2cccc([N+](=O)[O-])c2)CCN1. The summed E-state index contributed by atoms with van der Waals surface area (Å²) in [4.78, 5) is 36.8. The summed E-state index contributed by atoms with van der Waals surface area (Å²) < 4.78 is 0. The number of nitro groups is 1. The van der Waals surface area contributed by atoms with Gasteiger partial charge in [0.15, 0.2) is 0 Å². The minimum Gasteiger partial charge on any atom is -0.354 e. The third-order valence-corrected chi connectivity index (χ3v) is 4.40. The smallest absolute Gasteiger partial charge is 0.270 e. The summed E-state index contributed by atoms with van der Waals surface area (Å²) in [5.74, 6) is -0.339. The van der Waals surface area contributed by atoms with E-state index in [0.717, 1.165) is 5.56 Å². The second-order valence-electron chi connectivity index (χ2n) is 6.20. The minimum absolute atomic E-state index is 0.0312. The van der Waals surface area contributed by atoms with Gasteiger partial charge in [0, 0.05) is 31.3 Å². The van der Waals surface area contributed by atoms with Gasteiger partial charge in [0.2, 0.25) is 11.8 Å². The minimum atomic E-state index is -0.476. The summed E-state index contributed by atoms with van der Waals surface area (Å²) in [6.45, 7) is 0.780. The van der Waals surface area contributed by atoms with E-state index < -0.39 is 4.92 Å². The van der Waals surface area contributed by atoms with Crippen LogP contribution in [-0.4, -0.2) is 34.7 Å². The molecule has 1 fully saturated rings. The number of carbonyl (C=O) groups excluding carboxylic acids is 2. The van der Waals surface area contributed by atoms with Gasteiger partial charge in [0.1, 0.15) is 0 Å². The monoisotopic (exact) mass is 365 g/mol. The number of nitrogens with one attached hydrogen (secondary N) is 1. The third-order valence-electron chi connectivity index (χ3n) is 4.40. The lowest BCUT2D eigenvalue weighted by Gasteiger charge is -2.28. The molecule has 2 aromatic carbocycles. The van der Waals surface area contributed by atoms with Crippen molar-refractivity contribution in [2.24, 2.45) is 0 Å². The zero-order valence-electron chi connectivity index (χ0n) is 14.6. The molecule has 7 nitrogen and oxygen atoms in total. The number of non-ortho nitro benzene ring substituents is 1. The molecule has 2 amide bonds. The highest BCUT2D eigenvalue weighted by Gasteiger charge is 2.28. The first-order valence-electron chi connectivity index (χ1n) is 8.59. The summed E-state index contributed by atoms with van der Waals surface area (Å²) in [6.07, 6.45) is 3.14. The number of carbonyl (C=O) groups is 2. The lowest BCUT2D eigenvalue weighted by Crippen LogP contribution is -2.35. The van der Waals surface area contributed by atoms with Crippen LogP contribution in [0.1, 0.15) is 23.6 Å². The number of hydrogen-bond acceptors (Lipinski definition) is 4. The van der Waals surface area contributed by atoms with E-state index in [1.807, 2.05) is 30.3 Å². The Morgan fingerprint density at radius 2 is 1.96 bits per heavy atom. The van der Waals surface area contributed by atoms with Crippen LogP contribution < -0.4 is 5.32 Å². The largest absolute Gasteiger partial charge is 0.354 e. The van der Waals surface area contributed by atoms with E-state index in [1.54, 1.807) is 23.1 Å². The molecular weight excluding hydrogens is 346 g/mol. The van der Waals surface area contributed by atoms with Crippen LogP contribution in [-0.2, 0) is 9.59 Å². The van der Waals surface area contributed by atoms with E-state index in [1.165, 1.54) is 18.2 Å². The first kappa shape index (κ1) is 18.3. The zero-order valence-corrected chi connectivity index (χ0v) is 14.6. The van der Waals surface area contributed by atoms with Crippen molar-refractivity contribution < 1.29 is 14.5 Å². The van der Waals surface area contributed by atoms with Crippen molar-refractivity contribution in [1.29, 1.82) is 0 Å². The average molecular weight is 365 g/mol. The van der Waals surface area contributed by atoms with Gasteiger partial charge in [-0.1, -0.05) is 42.5 Å². The Morgan fingerprint density at radius 1 is 1.19 bits per heavy atom. The maximum Gasteiger partial charge on any atom is 0.270 e. The molecule has 7 heteroatoms. The van der Waals surface area contributed by atoms with E-state index in [4.69, 9.17) is 0 Å². The van der Waals surface area contributed by atoms with Gasteiger partial charge < -0.3 is 10.2 Å². The number of hydrogen-bond donors (Lipinski definition) is 1. The van der Waals surface area contributed by atoms with Gasteiger partial charge in [0.05, 0.1) is 17.4 Å². The van der Waals surface area contributed by atoms with Crippen molar-refractivity contribution in [2.45, 2.75) is 12.5 Å². The Hall–Kier alpha value is -3.48. The van der Waals surface area contributed by atoms with E-state index in [0.29, 0.717) is 18.7 Å². The predicted molar refractivity (Wildman–Crippen MR) is 101 cm³/mol. The van der Waals surface area contributed by atoms with Crippen molar-refractivity contribution in [3.8, 4) is 0 Å². The number of nitro benzene ring substituents is 1. The molecule has 2 aromatic rings. The highest BCUT2D eigenvalue weighted by Crippen LogP contribution is 2.26. The van der Waals surface area contributed by atoms with Crippen LogP contribution in [0.4, 0.5) is 5.69 Å². The van der Waals surface area contributed by atoms with Crippen molar-refractivity contribution >= 4 is 23.6 Å². The van der Waals surface area contributed by atoms with Gasteiger partial charge in [-0.25, -0.2) is 0 Å². The van der Waals surface area contributed by atoms with Crippen LogP contribution >= 0.6 is 0 Å². The molecule has 1 heterocycles. The van der Waals surface area contributed by atoms with Gasteiger partial charge in [0.25, 0.3) is 5.69 Å². The van der Waals surface area contributed by atoms with Crippen molar-refractivity contribution in [3.05, 3.63) is 81.9 Å². The maximum absolute atomic E-state index is 12.8. The maximum atomic E-state index is 12.8. The summed E-state index contributed by atoms with van der Waals surface area (Å²) in [7, 11) is 0. The van der Waals surface area contributed by atoms with Crippen LogP contribution in [0.2, 0.25) is 0 Å². The van der Waals surface area contributed by atoms with Gasteiger partial charge >= 0.3 is 0 Å². The molecule has 1 aliphatic rings. The molecule has 138 valence electrons. The standard InChI is InChI=1S/C20H19N3O4/c24-19-14-18(16-6-2-1-3-7-16)22(12-11-21-19)20(25)10-9-15-5-4-8-17(13-15)23(26)27/h1-10,13,18H,11-12,14H2,(H,21,24). The summed E-state index contributed by atoms with van der Waals surface area (Å²) in [5, 5.41) is 13.7. The fourth-order valence-corrected chi connectivity index (χ4v) is 3.07. The average Bonchev–Trinajstić information content (AvgIpc) is 2.88. The highest BCUT2D eigenvalue weighted by atomic mass is 16.6. The first-order chi connectivity index (χ1) is 13.0. The number of rotatable bonds is 4. The molecule has 1 aliphatic heterocycles. The number of nitrogens with zero attached hydrogens (tertiary/aromatic N) is 2. The molecular formula is C20H19N3O4. The van der Waals surface area contributed by atoms with Gasteiger partial charge in [-0.15, -0.1) is 0 Å². The lowest BCUT2D eigenvalue weighted by atomic mass is 10.0. The van der Waals surface area contributed by atoms with Crippen LogP contribution in [0.3, 0.4) is 0 Å². The lowest BCUT2D eigenvalue weighted by molar-refractivity contribution is -0.384. The topological polar surface area (TPSA) is 92.5 Å². The van der Waals surface area contributed by atoms with E-state index in [2.05, 4.69) is 5.32 Å². The predicted octanol–water partition coefficient (Wildman–Crippen LogP) is 2.70. The zero-order chi connectivity index (χ0) is 19.2. The Labute approximate surface area is 156 Å². The van der Waals surface area contributed by atoms with Crippen molar-refractivity contribution in [2.75, 3.05) is 13.1 Å². The molecule has 1 atom stereocenters. The second-order valence-corrected chi connectivity index (χ2v) is 6.20. The summed E-state index contributed by atoms with van der Waals surface area (Å²) in [5.41, 5.74) is 1.43. The Balaban J connectivity index is 1.83. The quantitative estimate of drug-likeness (QED) is 0.512. The Bertz CT molecular complexity index is 880. The summed E-state index contributed by atoms with van der Waals surface area (Å²) in [6, 6.07) is 15.1. The molecule has 0 radical (unpaired) electrons. The van der Waals surface area contributed by atoms with Gasteiger partial charge in [-0.05, 0) is 17.2 Å². The molecule has 1 saturated heterocycles. The van der Waals surface area contributed by atoms with Crippen molar-refractivity contribution in [3.63, 3.8) is 0 Å². The first-order valence-corrected chi connectivity index (χ1v) is 8.59. The fraction of sp³-hybridized carbons (Fsp3) is 0.200. The molecule has 0 aliphatic carbocycles. The van der Waals surface area contributed by atoms with Crippen LogP contribution in [0, 0.1) is 10.1 Å². The van der Waals surface area contributed by atoms with E-state index >= 15 is 0 Å². The molecule has 0 bridgehead atoms. The highest BCUT2D eigenvalue weighted by molar-refractivity contribution is 5.93. The molecule has 0 saturated carbocycles. The molecule has 0 aromatic heterocycles.